The van der Waals surface area contributed by atoms with Crippen LogP contribution in [0.3, 0.4) is 0 Å². The van der Waals surface area contributed by atoms with Gasteiger partial charge in [-0.2, -0.15) is 0 Å². The number of aliphatic hydroxyl groups is 1. The van der Waals surface area contributed by atoms with Crippen LogP contribution in [0.15, 0.2) is 0 Å². The second-order valence-corrected chi connectivity index (χ2v) is 3.91. The van der Waals surface area contributed by atoms with Crippen LogP contribution in [0.2, 0.25) is 0 Å². The van der Waals surface area contributed by atoms with Gasteiger partial charge in [0.15, 0.2) is 0 Å². The molecular weight excluding hydrogens is 168 g/mol. The fraction of sp³-hybridized carbons (Fsp3) is 0.889. The quantitative estimate of drug-likeness (QED) is 0.614. The largest absolute Gasteiger partial charge is 0.393 e. The number of nitrogens with two attached hydrogens (primary N) is 1. The Morgan fingerprint density at radius 2 is 2.31 bits per heavy atom. The molecular formula is C9H18N2O2. The highest BCUT2D eigenvalue weighted by Gasteiger charge is 2.28. The number of piperidine rings is 1. The molecule has 3 atom stereocenters. The first-order valence-electron chi connectivity index (χ1n) is 4.73. The predicted molar refractivity (Wildman–Crippen MR) is 50.0 cm³/mol. The molecule has 1 aliphatic rings. The third-order valence-corrected chi connectivity index (χ3v) is 2.85. The molecule has 0 aromatic carbocycles. The molecule has 13 heavy (non-hydrogen) atoms. The minimum absolute atomic E-state index is 0.213. The Morgan fingerprint density at radius 1 is 1.69 bits per heavy atom. The number of nitrogens with zero attached hydrogens (tertiary/aromatic N) is 1. The zero-order chi connectivity index (χ0) is 10.0. The summed E-state index contributed by atoms with van der Waals surface area (Å²) >= 11 is 0. The van der Waals surface area contributed by atoms with E-state index in [-0.39, 0.29) is 24.0 Å². The zero-order valence-corrected chi connectivity index (χ0v) is 8.23. The molecule has 1 fully saturated rings. The van der Waals surface area contributed by atoms with Gasteiger partial charge in [-0.15, -0.1) is 0 Å². The van der Waals surface area contributed by atoms with Crippen molar-refractivity contribution in [3.8, 4) is 0 Å². The molecule has 4 nitrogen and oxygen atoms in total. The van der Waals surface area contributed by atoms with Crippen molar-refractivity contribution in [3.63, 3.8) is 0 Å². The summed E-state index contributed by atoms with van der Waals surface area (Å²) in [5.74, 6) is -0.0564. The van der Waals surface area contributed by atoms with Gasteiger partial charge >= 0.3 is 0 Å². The van der Waals surface area contributed by atoms with E-state index >= 15 is 0 Å². The summed E-state index contributed by atoms with van der Waals surface area (Å²) in [6.45, 7) is 5.32. The van der Waals surface area contributed by atoms with Gasteiger partial charge in [0, 0.05) is 13.1 Å². The van der Waals surface area contributed by atoms with Gasteiger partial charge in [0.05, 0.1) is 12.1 Å². The van der Waals surface area contributed by atoms with Crippen LogP contribution in [-0.2, 0) is 4.79 Å². The van der Waals surface area contributed by atoms with E-state index in [0.29, 0.717) is 0 Å². The summed E-state index contributed by atoms with van der Waals surface area (Å²) in [7, 11) is 0. The number of likely N-dealkylation sites (tertiary alicyclic amines) is 1. The highest BCUT2D eigenvalue weighted by Crippen LogP contribution is 2.18. The topological polar surface area (TPSA) is 66.6 Å². The average molecular weight is 186 g/mol. The Balaban J connectivity index is 2.50. The van der Waals surface area contributed by atoms with E-state index in [9.17, 15) is 9.90 Å². The van der Waals surface area contributed by atoms with E-state index in [1.54, 1.807) is 0 Å². The smallest absolute Gasteiger partial charge is 0.234 e. The monoisotopic (exact) mass is 186 g/mol. The van der Waals surface area contributed by atoms with Gasteiger partial charge in [-0.1, -0.05) is 6.92 Å². The van der Waals surface area contributed by atoms with Crippen molar-refractivity contribution < 1.29 is 9.90 Å². The lowest BCUT2D eigenvalue weighted by Crippen LogP contribution is -2.50. The average Bonchev–Trinajstić information content (AvgIpc) is 2.08. The van der Waals surface area contributed by atoms with Crippen LogP contribution in [-0.4, -0.2) is 41.1 Å². The van der Waals surface area contributed by atoms with Gasteiger partial charge in [0.1, 0.15) is 0 Å². The van der Waals surface area contributed by atoms with Crippen molar-refractivity contribution in [2.45, 2.75) is 32.4 Å². The summed E-state index contributed by atoms with van der Waals surface area (Å²) in [5.41, 5.74) is 5.20. The lowest BCUT2D eigenvalue weighted by molar-refractivity contribution is -0.124. The van der Waals surface area contributed by atoms with E-state index < -0.39 is 0 Å². The maximum Gasteiger partial charge on any atom is 0.234 e. The second-order valence-electron chi connectivity index (χ2n) is 3.91. The fourth-order valence-electron chi connectivity index (χ4n) is 1.70. The van der Waals surface area contributed by atoms with Gasteiger partial charge in [-0.05, 0) is 19.3 Å². The molecule has 0 aromatic rings. The molecule has 0 saturated carbocycles. The first-order chi connectivity index (χ1) is 6.02. The number of rotatable bonds is 2. The van der Waals surface area contributed by atoms with Crippen molar-refractivity contribution >= 4 is 5.91 Å². The van der Waals surface area contributed by atoms with E-state index in [1.165, 1.54) is 0 Å². The molecule has 1 heterocycles. The first-order valence-corrected chi connectivity index (χ1v) is 4.73. The van der Waals surface area contributed by atoms with Gasteiger partial charge in [-0.25, -0.2) is 0 Å². The van der Waals surface area contributed by atoms with Gasteiger partial charge < -0.3 is 10.8 Å². The lowest BCUT2D eigenvalue weighted by atomic mass is 9.95. The van der Waals surface area contributed by atoms with E-state index in [1.807, 2.05) is 18.7 Å². The molecule has 1 saturated heterocycles. The Morgan fingerprint density at radius 3 is 2.77 bits per heavy atom. The molecule has 0 aromatic heterocycles. The number of amides is 1. The standard InChI is InChI=1S/C9H18N2O2/c1-6-5-11(4-3-8(6)12)7(2)9(10)13/h6-8,12H,3-5H2,1-2H3,(H2,10,13). The molecule has 0 aliphatic carbocycles. The summed E-state index contributed by atoms with van der Waals surface area (Å²) < 4.78 is 0. The van der Waals surface area contributed by atoms with Crippen molar-refractivity contribution in [3.05, 3.63) is 0 Å². The number of carbonyl (C=O) groups is 1. The first kappa shape index (κ1) is 10.5. The Bertz CT molecular complexity index is 196. The van der Waals surface area contributed by atoms with E-state index in [2.05, 4.69) is 0 Å². The maximum atomic E-state index is 10.9. The van der Waals surface area contributed by atoms with Crippen molar-refractivity contribution in [1.82, 2.24) is 4.90 Å². The third-order valence-electron chi connectivity index (χ3n) is 2.85. The minimum atomic E-state index is -0.288. The zero-order valence-electron chi connectivity index (χ0n) is 8.23. The Hall–Kier alpha value is -0.610. The Kier molecular flexibility index (Phi) is 3.27. The van der Waals surface area contributed by atoms with Gasteiger partial charge in [0.25, 0.3) is 0 Å². The van der Waals surface area contributed by atoms with Crippen molar-refractivity contribution in [1.29, 1.82) is 0 Å². The lowest BCUT2D eigenvalue weighted by Gasteiger charge is -2.36. The third kappa shape index (κ3) is 2.42. The molecule has 0 spiro atoms. The van der Waals surface area contributed by atoms with Crippen LogP contribution >= 0.6 is 0 Å². The number of aliphatic hydroxyl groups excluding tert-OH is 1. The number of hydrogen-bond donors (Lipinski definition) is 2. The minimum Gasteiger partial charge on any atom is -0.393 e. The van der Waals surface area contributed by atoms with Crippen LogP contribution in [0.4, 0.5) is 0 Å². The fourth-order valence-corrected chi connectivity index (χ4v) is 1.70. The van der Waals surface area contributed by atoms with Crippen LogP contribution in [0.5, 0.6) is 0 Å². The SMILES string of the molecule is CC1CN(C(C)C(N)=O)CCC1O. The highest BCUT2D eigenvalue weighted by molar-refractivity contribution is 5.79. The predicted octanol–water partition coefficient (Wildman–Crippen LogP) is -0.437. The molecule has 4 heteroatoms. The van der Waals surface area contributed by atoms with Crippen LogP contribution in [0.25, 0.3) is 0 Å². The number of primary amides is 1. The molecule has 1 aliphatic heterocycles. The van der Waals surface area contributed by atoms with Crippen LogP contribution in [0.1, 0.15) is 20.3 Å². The van der Waals surface area contributed by atoms with Crippen molar-refractivity contribution in [2.24, 2.45) is 11.7 Å². The molecule has 1 rings (SSSR count). The molecule has 3 unspecified atom stereocenters. The van der Waals surface area contributed by atoms with E-state index in [0.717, 1.165) is 19.5 Å². The highest BCUT2D eigenvalue weighted by atomic mass is 16.3. The number of hydrogen-bond acceptors (Lipinski definition) is 3. The summed E-state index contributed by atoms with van der Waals surface area (Å²) in [6, 6.07) is -0.213. The molecule has 76 valence electrons. The van der Waals surface area contributed by atoms with Crippen LogP contribution < -0.4 is 5.73 Å². The van der Waals surface area contributed by atoms with E-state index in [4.69, 9.17) is 5.73 Å². The second kappa shape index (κ2) is 4.07. The van der Waals surface area contributed by atoms with Crippen molar-refractivity contribution in [2.75, 3.05) is 13.1 Å². The number of carbonyl (C=O) groups excluding carboxylic acids is 1. The van der Waals surface area contributed by atoms with Gasteiger partial charge in [0.2, 0.25) is 5.91 Å². The molecule has 3 N–H and O–H groups in total. The normalized spacial score (nSPS) is 32.8. The summed E-state index contributed by atoms with van der Waals surface area (Å²) in [5, 5.41) is 9.47. The maximum absolute atomic E-state index is 10.9. The summed E-state index contributed by atoms with van der Waals surface area (Å²) in [6.07, 6.45) is 0.509. The molecule has 0 bridgehead atoms. The molecule has 0 radical (unpaired) electrons. The van der Waals surface area contributed by atoms with Gasteiger partial charge in [-0.3, -0.25) is 9.69 Å². The Labute approximate surface area is 78.7 Å². The summed E-state index contributed by atoms with van der Waals surface area (Å²) in [4.78, 5) is 12.9. The molecule has 1 amide bonds. The van der Waals surface area contributed by atoms with Crippen LogP contribution in [0, 0.1) is 5.92 Å².